The number of benzene rings is 1. The summed E-state index contributed by atoms with van der Waals surface area (Å²) in [5, 5.41) is 31.4. The van der Waals surface area contributed by atoms with Crippen molar-refractivity contribution >= 4 is 18.1 Å². The van der Waals surface area contributed by atoms with E-state index in [9.17, 15) is 24.9 Å². The molecular weight excluding hydrogens is 314 g/mol. The maximum absolute atomic E-state index is 12.1. The molecule has 1 amide bonds. The zero-order valence-electron chi connectivity index (χ0n) is 12.5. The van der Waals surface area contributed by atoms with Crippen molar-refractivity contribution in [2.45, 2.75) is 12.3 Å². The average molecular weight is 329 g/mol. The number of rotatable bonds is 3. The first-order valence-electron chi connectivity index (χ1n) is 7.28. The molecule has 0 saturated carbocycles. The van der Waals surface area contributed by atoms with Gasteiger partial charge in [0.1, 0.15) is 11.5 Å². The molecule has 24 heavy (non-hydrogen) atoms. The molecule has 7 heteroatoms. The van der Waals surface area contributed by atoms with Crippen molar-refractivity contribution < 1.29 is 24.5 Å². The summed E-state index contributed by atoms with van der Waals surface area (Å²) in [6.45, 7) is 0.291. The summed E-state index contributed by atoms with van der Waals surface area (Å²) in [5.41, 5.74) is -0.0282. The molecule has 1 fully saturated rings. The number of aromatic hydroxyl groups is 3. The van der Waals surface area contributed by atoms with Crippen LogP contribution in [0.4, 0.5) is 0 Å². The topological polar surface area (TPSA) is 120 Å². The summed E-state index contributed by atoms with van der Waals surface area (Å²) in [6.07, 6.45) is 3.15. The Balaban J connectivity index is 1.87. The molecule has 1 aliphatic rings. The largest absolute Gasteiger partial charge is 0.507 e. The zero-order valence-corrected chi connectivity index (χ0v) is 12.5. The van der Waals surface area contributed by atoms with E-state index in [0.29, 0.717) is 12.1 Å². The molecule has 0 aliphatic carbocycles. The van der Waals surface area contributed by atoms with E-state index in [2.05, 4.69) is 5.32 Å². The number of hydrogen-bond acceptors (Lipinski definition) is 6. The van der Waals surface area contributed by atoms with Crippen LogP contribution in [0, 0.1) is 0 Å². The van der Waals surface area contributed by atoms with Crippen molar-refractivity contribution in [1.29, 1.82) is 0 Å². The Kier molecular flexibility index (Phi) is 3.99. The molecule has 1 aromatic heterocycles. The molecule has 3 rings (SSSR count). The Labute approximate surface area is 136 Å². The van der Waals surface area contributed by atoms with Crippen molar-refractivity contribution in [3.8, 4) is 17.2 Å². The second-order valence-electron chi connectivity index (χ2n) is 5.52. The van der Waals surface area contributed by atoms with Gasteiger partial charge in [0, 0.05) is 24.9 Å². The third-order valence-corrected chi connectivity index (χ3v) is 3.81. The maximum Gasteiger partial charge on any atom is 0.343 e. The highest BCUT2D eigenvalue weighted by molar-refractivity contribution is 5.79. The Morgan fingerprint density at radius 1 is 1.04 bits per heavy atom. The molecule has 0 bridgehead atoms. The molecule has 124 valence electrons. The molecule has 7 nitrogen and oxygen atoms in total. The lowest BCUT2D eigenvalue weighted by molar-refractivity contribution is -0.119. The summed E-state index contributed by atoms with van der Waals surface area (Å²) in [4.78, 5) is 23.3. The van der Waals surface area contributed by atoms with Gasteiger partial charge in [-0.1, -0.05) is 12.1 Å². The quantitative estimate of drug-likeness (QED) is 0.634. The molecule has 0 radical (unpaired) electrons. The van der Waals surface area contributed by atoms with Gasteiger partial charge in [-0.25, -0.2) is 4.79 Å². The van der Waals surface area contributed by atoms with E-state index in [1.807, 2.05) is 0 Å². The van der Waals surface area contributed by atoms with Crippen LogP contribution in [-0.2, 0) is 4.79 Å². The summed E-state index contributed by atoms with van der Waals surface area (Å²) in [6, 6.07) is 5.54. The molecule has 2 aromatic rings. The van der Waals surface area contributed by atoms with Crippen LogP contribution in [-0.4, -0.2) is 27.8 Å². The fourth-order valence-corrected chi connectivity index (χ4v) is 2.60. The molecule has 2 heterocycles. The number of nitrogens with one attached hydrogen (secondary N) is 1. The number of carbonyl (C=O) groups is 1. The van der Waals surface area contributed by atoms with Crippen LogP contribution in [0.15, 0.2) is 33.5 Å². The molecule has 4 N–H and O–H groups in total. The van der Waals surface area contributed by atoms with Gasteiger partial charge < -0.3 is 25.1 Å². The molecule has 0 spiro atoms. The summed E-state index contributed by atoms with van der Waals surface area (Å²) >= 11 is 0. The van der Waals surface area contributed by atoms with E-state index < -0.39 is 11.5 Å². The lowest BCUT2D eigenvalue weighted by Crippen LogP contribution is -2.16. The van der Waals surface area contributed by atoms with Gasteiger partial charge in [-0.15, -0.1) is 0 Å². The van der Waals surface area contributed by atoms with Gasteiger partial charge >= 0.3 is 5.63 Å². The number of phenolic OH excluding ortho intramolecular Hbond substituents is 2. The molecule has 1 aliphatic heterocycles. The van der Waals surface area contributed by atoms with E-state index in [-0.39, 0.29) is 40.9 Å². The third-order valence-electron chi connectivity index (χ3n) is 3.81. The minimum Gasteiger partial charge on any atom is -0.507 e. The van der Waals surface area contributed by atoms with Crippen LogP contribution in [0.2, 0.25) is 0 Å². The van der Waals surface area contributed by atoms with Crippen LogP contribution in [0.1, 0.15) is 29.2 Å². The average Bonchev–Trinajstić information content (AvgIpc) is 2.94. The Bertz CT molecular complexity index is 883. The number of phenols is 2. The third kappa shape index (κ3) is 3.10. The van der Waals surface area contributed by atoms with Crippen LogP contribution >= 0.6 is 0 Å². The Morgan fingerprint density at radius 2 is 1.83 bits per heavy atom. The van der Waals surface area contributed by atoms with E-state index in [1.54, 1.807) is 12.1 Å². The lowest BCUT2D eigenvalue weighted by Gasteiger charge is -2.08. The highest BCUT2D eigenvalue weighted by Crippen LogP contribution is 2.29. The fraction of sp³-hybridized carbons (Fsp3) is 0.176. The SMILES string of the molecule is O=C1C[C@@H](c2c(O)cc(C=Cc3ccc(O)c(O)c3)oc2=O)CN1. The van der Waals surface area contributed by atoms with Crippen molar-refractivity contribution in [2.75, 3.05) is 6.54 Å². The van der Waals surface area contributed by atoms with Crippen molar-refractivity contribution in [2.24, 2.45) is 0 Å². The van der Waals surface area contributed by atoms with E-state index >= 15 is 0 Å². The minimum atomic E-state index is -0.690. The number of carbonyl (C=O) groups excluding carboxylic acids is 1. The van der Waals surface area contributed by atoms with Crippen LogP contribution in [0.25, 0.3) is 12.2 Å². The van der Waals surface area contributed by atoms with Gasteiger partial charge in [-0.2, -0.15) is 0 Å². The first kappa shape index (κ1) is 15.7. The molecule has 1 atom stereocenters. The van der Waals surface area contributed by atoms with Gasteiger partial charge in [0.2, 0.25) is 5.91 Å². The van der Waals surface area contributed by atoms with Gasteiger partial charge in [-0.3, -0.25) is 4.79 Å². The Morgan fingerprint density at radius 3 is 2.46 bits per heavy atom. The van der Waals surface area contributed by atoms with Gasteiger partial charge in [0.25, 0.3) is 0 Å². The normalized spacial score (nSPS) is 17.3. The maximum atomic E-state index is 12.1. The zero-order chi connectivity index (χ0) is 17.3. The van der Waals surface area contributed by atoms with E-state index in [0.717, 1.165) is 0 Å². The monoisotopic (exact) mass is 329 g/mol. The first-order chi connectivity index (χ1) is 11.4. The number of hydrogen-bond donors (Lipinski definition) is 4. The lowest BCUT2D eigenvalue weighted by atomic mass is 9.99. The van der Waals surface area contributed by atoms with Crippen LogP contribution in [0.5, 0.6) is 17.2 Å². The predicted molar refractivity (Wildman–Crippen MR) is 85.7 cm³/mol. The molecule has 1 aromatic carbocycles. The highest BCUT2D eigenvalue weighted by Gasteiger charge is 2.28. The summed E-state index contributed by atoms with van der Waals surface area (Å²) in [7, 11) is 0. The molecule has 1 saturated heterocycles. The molecule has 0 unspecified atom stereocenters. The van der Waals surface area contributed by atoms with Crippen molar-refractivity contribution in [3.05, 3.63) is 51.6 Å². The predicted octanol–water partition coefficient (Wildman–Crippen LogP) is 1.53. The standard InChI is InChI=1S/C17H15NO6/c19-12-4-2-9(5-13(12)20)1-3-11-7-14(21)16(17(23)24-11)10-6-15(22)18-8-10/h1-5,7,10,19-21H,6,8H2,(H,18,22)/t10-/m1/s1. The van der Waals surface area contributed by atoms with Crippen molar-refractivity contribution in [3.63, 3.8) is 0 Å². The van der Waals surface area contributed by atoms with Crippen LogP contribution in [0.3, 0.4) is 0 Å². The smallest absolute Gasteiger partial charge is 0.343 e. The van der Waals surface area contributed by atoms with Gasteiger partial charge in [0.05, 0.1) is 5.56 Å². The molecular formula is C17H15NO6. The summed E-state index contributed by atoms with van der Waals surface area (Å²) in [5.74, 6) is -1.17. The highest BCUT2D eigenvalue weighted by atomic mass is 16.4. The van der Waals surface area contributed by atoms with Gasteiger partial charge in [-0.05, 0) is 23.8 Å². The minimum absolute atomic E-state index is 0.0905. The fourth-order valence-electron chi connectivity index (χ4n) is 2.60. The second kappa shape index (κ2) is 6.11. The van der Waals surface area contributed by atoms with E-state index in [4.69, 9.17) is 4.42 Å². The van der Waals surface area contributed by atoms with Crippen molar-refractivity contribution in [1.82, 2.24) is 5.32 Å². The Hall–Kier alpha value is -3.22. The number of amides is 1. The van der Waals surface area contributed by atoms with Crippen LogP contribution < -0.4 is 10.9 Å². The van der Waals surface area contributed by atoms with E-state index in [1.165, 1.54) is 24.3 Å². The first-order valence-corrected chi connectivity index (χ1v) is 7.28. The van der Waals surface area contributed by atoms with Gasteiger partial charge in [0.15, 0.2) is 11.5 Å². The summed E-state index contributed by atoms with van der Waals surface area (Å²) < 4.78 is 5.16. The second-order valence-corrected chi connectivity index (χ2v) is 5.52.